The van der Waals surface area contributed by atoms with Crippen molar-refractivity contribution in [2.24, 2.45) is 17.3 Å². The quantitative estimate of drug-likeness (QED) is 0.542. The highest BCUT2D eigenvalue weighted by Gasteiger charge is 2.63. The number of amides is 1. The lowest BCUT2D eigenvalue weighted by Gasteiger charge is -2.50. The van der Waals surface area contributed by atoms with Crippen LogP contribution >= 0.6 is 0 Å². The molecule has 1 aromatic carbocycles. The summed E-state index contributed by atoms with van der Waals surface area (Å²) in [4.78, 5) is 40.9. The highest BCUT2D eigenvalue weighted by Crippen LogP contribution is 2.52. The van der Waals surface area contributed by atoms with Crippen molar-refractivity contribution >= 4 is 23.2 Å². The zero-order valence-corrected chi connectivity index (χ0v) is 17.7. The van der Waals surface area contributed by atoms with E-state index >= 15 is 0 Å². The molecule has 1 aliphatic heterocycles. The van der Waals surface area contributed by atoms with Crippen molar-refractivity contribution in [3.05, 3.63) is 18.2 Å². The van der Waals surface area contributed by atoms with Crippen LogP contribution in [-0.2, 0) is 14.4 Å². The standard InChI is InChI=1S/C23H28FNO5/c1-13(24)19-20(15-12-18(26)23(21(15)27)9-5-4-6-10-23)25(22(19)28)16-8-7-14(29-2)11-17(16)30-3/h7-8,11,13,15,19-20H,4-6,9-10,12H2,1-3H3/t13-,15+,19-,20+/m1/s1. The number of carbonyl (C=O) groups excluding carboxylic acids is 3. The molecule has 4 atom stereocenters. The Hall–Kier alpha value is -2.44. The van der Waals surface area contributed by atoms with Crippen LogP contribution in [0, 0.1) is 17.3 Å². The molecule has 3 fully saturated rings. The molecule has 0 bridgehead atoms. The molecule has 1 saturated heterocycles. The first-order valence-corrected chi connectivity index (χ1v) is 10.6. The number of hydrogen-bond donors (Lipinski definition) is 0. The van der Waals surface area contributed by atoms with Crippen LogP contribution in [0.1, 0.15) is 45.4 Å². The largest absolute Gasteiger partial charge is 0.497 e. The summed E-state index contributed by atoms with van der Waals surface area (Å²) in [6.07, 6.45) is 2.55. The van der Waals surface area contributed by atoms with E-state index in [2.05, 4.69) is 0 Å². The van der Waals surface area contributed by atoms with Gasteiger partial charge < -0.3 is 14.4 Å². The summed E-state index contributed by atoms with van der Waals surface area (Å²) >= 11 is 0. The highest BCUT2D eigenvalue weighted by atomic mass is 19.1. The van der Waals surface area contributed by atoms with Crippen LogP contribution in [0.3, 0.4) is 0 Å². The molecule has 0 aromatic heterocycles. The molecule has 1 heterocycles. The van der Waals surface area contributed by atoms with Gasteiger partial charge in [0.05, 0.1) is 37.3 Å². The van der Waals surface area contributed by atoms with Crippen molar-refractivity contribution in [1.82, 2.24) is 0 Å². The molecule has 3 aliphatic rings. The van der Waals surface area contributed by atoms with E-state index in [4.69, 9.17) is 9.47 Å². The SMILES string of the molecule is COc1ccc(N2C(=O)[C@H]([C@@H](C)F)[C@@H]2[C@@H]2CC(=O)C3(CCCCC3)C2=O)c(OC)c1. The Morgan fingerprint density at radius 1 is 1.10 bits per heavy atom. The van der Waals surface area contributed by atoms with Crippen LogP contribution in [0.2, 0.25) is 0 Å². The third kappa shape index (κ3) is 2.93. The van der Waals surface area contributed by atoms with Crippen molar-refractivity contribution in [2.75, 3.05) is 19.1 Å². The number of nitrogens with zero attached hydrogens (tertiary/aromatic N) is 1. The molecule has 0 unspecified atom stereocenters. The van der Waals surface area contributed by atoms with Gasteiger partial charge in [-0.25, -0.2) is 4.39 Å². The van der Waals surface area contributed by atoms with Crippen molar-refractivity contribution in [1.29, 1.82) is 0 Å². The fourth-order valence-electron chi connectivity index (χ4n) is 5.63. The first-order valence-electron chi connectivity index (χ1n) is 10.6. The smallest absolute Gasteiger partial charge is 0.235 e. The van der Waals surface area contributed by atoms with Gasteiger partial charge in [-0.05, 0) is 31.9 Å². The van der Waals surface area contributed by atoms with E-state index in [-0.39, 0.29) is 23.9 Å². The molecule has 162 valence electrons. The van der Waals surface area contributed by atoms with E-state index in [1.807, 2.05) is 0 Å². The van der Waals surface area contributed by atoms with Crippen molar-refractivity contribution in [3.8, 4) is 11.5 Å². The number of rotatable bonds is 5. The number of anilines is 1. The lowest BCUT2D eigenvalue weighted by atomic mass is 9.68. The minimum Gasteiger partial charge on any atom is -0.497 e. The Morgan fingerprint density at radius 3 is 2.40 bits per heavy atom. The minimum absolute atomic E-state index is 0.0385. The van der Waals surface area contributed by atoms with Crippen molar-refractivity contribution in [2.45, 2.75) is 57.7 Å². The minimum atomic E-state index is -1.41. The Kier molecular flexibility index (Phi) is 5.32. The molecular weight excluding hydrogens is 389 g/mol. The summed E-state index contributed by atoms with van der Waals surface area (Å²) in [5.74, 6) is -1.18. The number of methoxy groups -OCH3 is 2. The highest BCUT2D eigenvalue weighted by molar-refractivity contribution is 6.16. The molecule has 2 saturated carbocycles. The maximum absolute atomic E-state index is 14.5. The number of carbonyl (C=O) groups is 3. The van der Waals surface area contributed by atoms with Gasteiger partial charge in [-0.3, -0.25) is 14.4 Å². The number of halogens is 1. The van der Waals surface area contributed by atoms with Gasteiger partial charge >= 0.3 is 0 Å². The summed E-state index contributed by atoms with van der Waals surface area (Å²) in [5, 5.41) is 0. The first kappa shape index (κ1) is 20.8. The third-order valence-electron chi connectivity index (χ3n) is 7.20. The number of Topliss-reactive ketones (excluding diaryl/α,β-unsaturated/α-hetero) is 2. The van der Waals surface area contributed by atoms with E-state index in [9.17, 15) is 18.8 Å². The summed E-state index contributed by atoms with van der Waals surface area (Å²) in [5.41, 5.74) is -0.462. The molecule has 2 aliphatic carbocycles. The monoisotopic (exact) mass is 417 g/mol. The van der Waals surface area contributed by atoms with Gasteiger partial charge in [0.25, 0.3) is 0 Å². The Bertz CT molecular complexity index is 876. The second-order valence-corrected chi connectivity index (χ2v) is 8.68. The van der Waals surface area contributed by atoms with Crippen LogP contribution < -0.4 is 14.4 Å². The predicted octanol–water partition coefficient (Wildman–Crippen LogP) is 3.50. The Labute approximate surface area is 175 Å². The average molecular weight is 417 g/mol. The summed E-state index contributed by atoms with van der Waals surface area (Å²) in [6, 6.07) is 4.34. The first-order chi connectivity index (χ1) is 14.4. The van der Waals surface area contributed by atoms with Gasteiger partial charge in [-0.1, -0.05) is 19.3 Å². The van der Waals surface area contributed by atoms with Gasteiger partial charge in [0.15, 0.2) is 5.78 Å². The Balaban J connectivity index is 1.72. The van der Waals surface area contributed by atoms with Crippen LogP contribution in [-0.4, -0.2) is 43.9 Å². The van der Waals surface area contributed by atoms with Crippen molar-refractivity contribution < 1.29 is 28.2 Å². The van der Waals surface area contributed by atoms with Gasteiger partial charge in [0.2, 0.25) is 5.91 Å². The molecule has 7 heteroatoms. The van der Waals surface area contributed by atoms with E-state index in [0.717, 1.165) is 19.3 Å². The van der Waals surface area contributed by atoms with Gasteiger partial charge in [-0.2, -0.15) is 0 Å². The molecule has 4 rings (SSSR count). The fourth-order valence-corrected chi connectivity index (χ4v) is 5.63. The Morgan fingerprint density at radius 2 is 1.80 bits per heavy atom. The molecule has 1 aromatic rings. The molecule has 1 spiro atoms. The molecular formula is C23H28FNO5. The summed E-state index contributed by atoms with van der Waals surface area (Å²) in [6.45, 7) is 1.34. The average Bonchev–Trinajstić information content (AvgIpc) is 2.96. The second kappa shape index (κ2) is 7.67. The van der Waals surface area contributed by atoms with E-state index in [1.165, 1.54) is 26.0 Å². The summed E-state index contributed by atoms with van der Waals surface area (Å²) in [7, 11) is 3.01. The van der Waals surface area contributed by atoms with Crippen LogP contribution in [0.4, 0.5) is 10.1 Å². The van der Waals surface area contributed by atoms with E-state index < -0.39 is 29.5 Å². The van der Waals surface area contributed by atoms with Gasteiger partial charge in [0, 0.05) is 18.4 Å². The van der Waals surface area contributed by atoms with Gasteiger partial charge in [0.1, 0.15) is 23.5 Å². The maximum Gasteiger partial charge on any atom is 0.235 e. The van der Waals surface area contributed by atoms with E-state index in [0.29, 0.717) is 30.0 Å². The zero-order chi connectivity index (χ0) is 21.6. The lowest BCUT2D eigenvalue weighted by molar-refractivity contribution is -0.140. The molecule has 0 N–H and O–H groups in total. The molecule has 6 nitrogen and oxygen atoms in total. The topological polar surface area (TPSA) is 72.9 Å². The lowest BCUT2D eigenvalue weighted by Crippen LogP contribution is -2.67. The predicted molar refractivity (Wildman–Crippen MR) is 109 cm³/mol. The fraction of sp³-hybridized carbons (Fsp3) is 0.609. The molecule has 0 radical (unpaired) electrons. The number of benzene rings is 1. The number of ether oxygens (including phenoxy) is 2. The third-order valence-corrected chi connectivity index (χ3v) is 7.20. The number of hydrogen-bond acceptors (Lipinski definition) is 5. The van der Waals surface area contributed by atoms with E-state index in [1.54, 1.807) is 18.2 Å². The maximum atomic E-state index is 14.5. The van der Waals surface area contributed by atoms with Crippen LogP contribution in [0.25, 0.3) is 0 Å². The second-order valence-electron chi connectivity index (χ2n) is 8.68. The molecule has 30 heavy (non-hydrogen) atoms. The van der Waals surface area contributed by atoms with Crippen molar-refractivity contribution in [3.63, 3.8) is 0 Å². The number of β-lactam (4-membered cyclic amide) rings is 1. The number of alkyl halides is 1. The van der Waals surface area contributed by atoms with Crippen LogP contribution in [0.15, 0.2) is 18.2 Å². The molecule has 1 amide bonds. The zero-order valence-electron chi connectivity index (χ0n) is 17.7. The summed E-state index contributed by atoms with van der Waals surface area (Å²) < 4.78 is 25.1. The van der Waals surface area contributed by atoms with Gasteiger partial charge in [-0.15, -0.1) is 0 Å². The van der Waals surface area contributed by atoms with Crippen LogP contribution in [0.5, 0.6) is 11.5 Å². The normalized spacial score (nSPS) is 29.1. The number of ketones is 2.